The van der Waals surface area contributed by atoms with E-state index in [4.69, 9.17) is 5.11 Å². The van der Waals surface area contributed by atoms with Crippen LogP contribution in [0.3, 0.4) is 0 Å². The number of fused-ring (bicyclic) bond motifs is 1. The number of nitrogens with zero attached hydrogens (tertiary/aromatic N) is 1. The first kappa shape index (κ1) is 8.50. The van der Waals surface area contributed by atoms with E-state index < -0.39 is 5.97 Å². The van der Waals surface area contributed by atoms with Crippen molar-refractivity contribution in [2.45, 2.75) is 0 Å². The molecular weight excluding hydrogens is 182 g/mol. The summed E-state index contributed by atoms with van der Waals surface area (Å²) in [5.74, 6) is -1.14. The molecule has 2 N–H and O–H groups in total. The van der Waals surface area contributed by atoms with Crippen LogP contribution < -0.4 is 0 Å². The van der Waals surface area contributed by atoms with Gasteiger partial charge in [-0.2, -0.15) is 0 Å². The molecule has 0 aliphatic heterocycles. The highest BCUT2D eigenvalue weighted by atomic mass is 16.4. The Bertz CT molecular complexity index is 508. The molecule has 0 aliphatic rings. The normalized spacial score (nSPS) is 10.3. The molecule has 0 atom stereocenters. The fraction of sp³-hybridized carbons (Fsp3) is 0. The minimum absolute atomic E-state index is 0.0358. The summed E-state index contributed by atoms with van der Waals surface area (Å²) in [5, 5.41) is 18.8. The molecule has 0 bridgehead atoms. The zero-order chi connectivity index (χ0) is 10.1. The van der Waals surface area contributed by atoms with Crippen molar-refractivity contribution in [3.05, 3.63) is 36.0 Å². The highest BCUT2D eigenvalue weighted by Crippen LogP contribution is 2.24. The molecular formula is C10H7NO3. The van der Waals surface area contributed by atoms with E-state index in [-0.39, 0.29) is 11.3 Å². The number of carboxylic acids is 1. The first-order valence-electron chi connectivity index (χ1n) is 3.99. The van der Waals surface area contributed by atoms with E-state index in [9.17, 15) is 9.90 Å². The number of aromatic hydroxyl groups is 1. The van der Waals surface area contributed by atoms with Crippen LogP contribution in [0, 0.1) is 0 Å². The Morgan fingerprint density at radius 3 is 2.86 bits per heavy atom. The van der Waals surface area contributed by atoms with E-state index in [0.717, 1.165) is 0 Å². The van der Waals surface area contributed by atoms with Crippen molar-refractivity contribution in [2.24, 2.45) is 0 Å². The number of carbonyl (C=O) groups is 1. The molecule has 0 radical (unpaired) electrons. The minimum atomic E-state index is -1.08. The minimum Gasteiger partial charge on any atom is -0.507 e. The van der Waals surface area contributed by atoms with Gasteiger partial charge in [0.15, 0.2) is 0 Å². The quantitative estimate of drug-likeness (QED) is 0.715. The summed E-state index contributed by atoms with van der Waals surface area (Å²) in [4.78, 5) is 14.6. The molecule has 1 heterocycles. The summed E-state index contributed by atoms with van der Waals surface area (Å²) in [6, 6.07) is 6.01. The van der Waals surface area contributed by atoms with E-state index >= 15 is 0 Å². The van der Waals surface area contributed by atoms with Crippen LogP contribution in [0.25, 0.3) is 10.9 Å². The van der Waals surface area contributed by atoms with Crippen LogP contribution in [0.1, 0.15) is 10.4 Å². The van der Waals surface area contributed by atoms with Gasteiger partial charge in [0.25, 0.3) is 0 Å². The van der Waals surface area contributed by atoms with Gasteiger partial charge >= 0.3 is 5.97 Å². The predicted octanol–water partition coefficient (Wildman–Crippen LogP) is 1.64. The van der Waals surface area contributed by atoms with Gasteiger partial charge in [0.05, 0.1) is 11.1 Å². The lowest BCUT2D eigenvalue weighted by atomic mass is 10.1. The van der Waals surface area contributed by atoms with Crippen molar-refractivity contribution >= 4 is 16.9 Å². The van der Waals surface area contributed by atoms with Gasteiger partial charge < -0.3 is 10.2 Å². The third-order valence-corrected chi connectivity index (χ3v) is 1.95. The van der Waals surface area contributed by atoms with Gasteiger partial charge in [-0.25, -0.2) is 4.79 Å². The number of aromatic carboxylic acids is 1. The Morgan fingerprint density at radius 1 is 1.36 bits per heavy atom. The number of hydrogen-bond donors (Lipinski definition) is 2. The van der Waals surface area contributed by atoms with Gasteiger partial charge in [0.2, 0.25) is 0 Å². The molecule has 0 saturated carbocycles. The number of aromatic nitrogens is 1. The standard InChI is InChI=1S/C10H7NO3/c12-9-5-6(10(13)14)4-8-7(9)2-1-3-11-8/h1-5,12H,(H,13,14). The first-order chi connectivity index (χ1) is 6.68. The van der Waals surface area contributed by atoms with Crippen LogP contribution in [0.5, 0.6) is 5.75 Å². The molecule has 0 spiro atoms. The summed E-state index contributed by atoms with van der Waals surface area (Å²) in [6.07, 6.45) is 1.55. The summed E-state index contributed by atoms with van der Waals surface area (Å²) in [7, 11) is 0. The van der Waals surface area contributed by atoms with Crippen molar-refractivity contribution in [2.75, 3.05) is 0 Å². The van der Waals surface area contributed by atoms with E-state index in [1.807, 2.05) is 0 Å². The van der Waals surface area contributed by atoms with Gasteiger partial charge in [0, 0.05) is 11.6 Å². The van der Waals surface area contributed by atoms with Gasteiger partial charge in [-0.15, -0.1) is 0 Å². The maximum Gasteiger partial charge on any atom is 0.335 e. The number of phenolic OH excluding ortho intramolecular Hbond substituents is 1. The molecule has 4 nitrogen and oxygen atoms in total. The van der Waals surface area contributed by atoms with E-state index in [1.165, 1.54) is 12.1 Å². The molecule has 0 saturated heterocycles. The first-order valence-corrected chi connectivity index (χ1v) is 3.99. The molecule has 4 heteroatoms. The van der Waals surface area contributed by atoms with Gasteiger partial charge in [-0.1, -0.05) is 0 Å². The second-order valence-corrected chi connectivity index (χ2v) is 2.87. The van der Waals surface area contributed by atoms with Crippen molar-refractivity contribution in [1.29, 1.82) is 0 Å². The van der Waals surface area contributed by atoms with E-state index in [0.29, 0.717) is 10.9 Å². The lowest BCUT2D eigenvalue weighted by Crippen LogP contribution is -1.96. The fourth-order valence-corrected chi connectivity index (χ4v) is 1.29. The van der Waals surface area contributed by atoms with Crippen LogP contribution in [0.15, 0.2) is 30.5 Å². The Balaban J connectivity index is 2.78. The number of rotatable bonds is 1. The van der Waals surface area contributed by atoms with Crippen LogP contribution >= 0.6 is 0 Å². The largest absolute Gasteiger partial charge is 0.507 e. The van der Waals surface area contributed by atoms with Crippen molar-refractivity contribution < 1.29 is 15.0 Å². The van der Waals surface area contributed by atoms with Crippen molar-refractivity contribution in [3.63, 3.8) is 0 Å². The van der Waals surface area contributed by atoms with Crippen LogP contribution in [-0.2, 0) is 0 Å². The Hall–Kier alpha value is -2.10. The predicted molar refractivity (Wildman–Crippen MR) is 50.4 cm³/mol. The number of phenols is 1. The van der Waals surface area contributed by atoms with Crippen LogP contribution in [0.4, 0.5) is 0 Å². The third kappa shape index (κ3) is 1.26. The highest BCUT2D eigenvalue weighted by molar-refractivity contribution is 5.95. The van der Waals surface area contributed by atoms with Crippen LogP contribution in [-0.4, -0.2) is 21.2 Å². The molecule has 1 aromatic heterocycles. The topological polar surface area (TPSA) is 70.4 Å². The molecule has 1 aromatic carbocycles. The smallest absolute Gasteiger partial charge is 0.335 e. The highest BCUT2D eigenvalue weighted by Gasteiger charge is 2.08. The maximum atomic E-state index is 10.7. The Morgan fingerprint density at radius 2 is 2.14 bits per heavy atom. The molecule has 0 aliphatic carbocycles. The average Bonchev–Trinajstić information content (AvgIpc) is 2.17. The van der Waals surface area contributed by atoms with Crippen molar-refractivity contribution in [3.8, 4) is 5.75 Å². The lowest BCUT2D eigenvalue weighted by Gasteiger charge is -2.01. The van der Waals surface area contributed by atoms with E-state index in [2.05, 4.69) is 4.98 Å². The molecule has 14 heavy (non-hydrogen) atoms. The summed E-state index contributed by atoms with van der Waals surface area (Å²) in [5.41, 5.74) is 0.513. The molecule has 2 aromatic rings. The number of hydrogen-bond acceptors (Lipinski definition) is 3. The van der Waals surface area contributed by atoms with Gasteiger partial charge in [0.1, 0.15) is 5.75 Å². The maximum absolute atomic E-state index is 10.7. The van der Waals surface area contributed by atoms with Crippen molar-refractivity contribution in [1.82, 2.24) is 4.98 Å². The number of benzene rings is 1. The van der Waals surface area contributed by atoms with Crippen LogP contribution in [0.2, 0.25) is 0 Å². The Labute approximate surface area is 79.4 Å². The molecule has 2 rings (SSSR count). The Kier molecular flexibility index (Phi) is 1.81. The zero-order valence-electron chi connectivity index (χ0n) is 7.14. The summed E-state index contributed by atoms with van der Waals surface area (Å²) < 4.78 is 0. The molecule has 0 amide bonds. The van der Waals surface area contributed by atoms with Gasteiger partial charge in [-0.05, 0) is 24.3 Å². The number of pyridine rings is 1. The summed E-state index contributed by atoms with van der Waals surface area (Å²) >= 11 is 0. The fourth-order valence-electron chi connectivity index (χ4n) is 1.29. The number of carboxylic acid groups (broad SMARTS) is 1. The monoisotopic (exact) mass is 189 g/mol. The summed E-state index contributed by atoms with van der Waals surface area (Å²) in [6.45, 7) is 0. The molecule has 0 fully saturated rings. The van der Waals surface area contributed by atoms with E-state index in [1.54, 1.807) is 18.3 Å². The molecule has 70 valence electrons. The van der Waals surface area contributed by atoms with Gasteiger partial charge in [-0.3, -0.25) is 4.98 Å². The second kappa shape index (κ2) is 2.99. The lowest BCUT2D eigenvalue weighted by molar-refractivity contribution is 0.0696. The SMILES string of the molecule is O=C(O)c1cc(O)c2cccnc2c1. The molecule has 0 unspecified atom stereocenters. The average molecular weight is 189 g/mol. The zero-order valence-corrected chi connectivity index (χ0v) is 7.14. The third-order valence-electron chi connectivity index (χ3n) is 1.95. The second-order valence-electron chi connectivity index (χ2n) is 2.87.